The highest BCUT2D eigenvalue weighted by Crippen LogP contribution is 2.27. The molecule has 1 fully saturated rings. The molecule has 2 atom stereocenters. The van der Waals surface area contributed by atoms with Crippen LogP contribution in [0.4, 0.5) is 0 Å². The Morgan fingerprint density at radius 3 is 2.46 bits per heavy atom. The van der Waals surface area contributed by atoms with Crippen molar-refractivity contribution >= 4 is 0 Å². The van der Waals surface area contributed by atoms with Gasteiger partial charge in [0.05, 0.1) is 6.10 Å². The van der Waals surface area contributed by atoms with E-state index in [0.29, 0.717) is 0 Å². The third-order valence-electron chi connectivity index (χ3n) is 3.11. The van der Waals surface area contributed by atoms with Gasteiger partial charge in [0.1, 0.15) is 0 Å². The van der Waals surface area contributed by atoms with E-state index in [1.54, 1.807) is 0 Å². The SMILES string of the molecule is CC(C)CC1CCCCC(O)CC1. The Bertz CT molecular complexity index is 131. The quantitative estimate of drug-likeness (QED) is 0.697. The largest absolute Gasteiger partial charge is 0.393 e. The zero-order valence-corrected chi connectivity index (χ0v) is 9.13. The van der Waals surface area contributed by atoms with Gasteiger partial charge in [-0.3, -0.25) is 0 Å². The Labute approximate surface area is 82.5 Å². The Balaban J connectivity index is 2.28. The van der Waals surface area contributed by atoms with Crippen LogP contribution < -0.4 is 0 Å². The molecule has 0 radical (unpaired) electrons. The van der Waals surface area contributed by atoms with Crippen molar-refractivity contribution < 1.29 is 5.11 Å². The Morgan fingerprint density at radius 2 is 1.77 bits per heavy atom. The summed E-state index contributed by atoms with van der Waals surface area (Å²) in [6, 6.07) is 0. The third kappa shape index (κ3) is 4.66. The Morgan fingerprint density at radius 1 is 1.08 bits per heavy atom. The molecule has 1 saturated carbocycles. The number of aliphatic hydroxyl groups is 1. The van der Waals surface area contributed by atoms with Crippen molar-refractivity contribution in [3.8, 4) is 0 Å². The van der Waals surface area contributed by atoms with Crippen LogP contribution in [-0.2, 0) is 0 Å². The second kappa shape index (κ2) is 5.64. The van der Waals surface area contributed by atoms with Crippen LogP contribution in [0.1, 0.15) is 58.8 Å². The first-order valence-corrected chi connectivity index (χ1v) is 5.86. The minimum Gasteiger partial charge on any atom is -0.393 e. The highest BCUT2D eigenvalue weighted by Gasteiger charge is 2.16. The lowest BCUT2D eigenvalue weighted by molar-refractivity contribution is 0.127. The number of hydrogen-bond donors (Lipinski definition) is 1. The molecule has 1 rings (SSSR count). The molecule has 0 amide bonds. The highest BCUT2D eigenvalue weighted by atomic mass is 16.3. The first-order chi connectivity index (χ1) is 6.18. The van der Waals surface area contributed by atoms with Gasteiger partial charge in [-0.25, -0.2) is 0 Å². The minimum atomic E-state index is -0.00466. The maximum absolute atomic E-state index is 9.57. The van der Waals surface area contributed by atoms with Crippen LogP contribution in [0.15, 0.2) is 0 Å². The third-order valence-corrected chi connectivity index (χ3v) is 3.11. The summed E-state index contributed by atoms with van der Waals surface area (Å²) in [7, 11) is 0. The van der Waals surface area contributed by atoms with Crippen molar-refractivity contribution in [1.29, 1.82) is 0 Å². The highest BCUT2D eigenvalue weighted by molar-refractivity contribution is 4.69. The van der Waals surface area contributed by atoms with Gasteiger partial charge in [-0.1, -0.05) is 33.1 Å². The molecule has 1 heteroatoms. The summed E-state index contributed by atoms with van der Waals surface area (Å²) >= 11 is 0. The fraction of sp³-hybridized carbons (Fsp3) is 1.00. The van der Waals surface area contributed by atoms with E-state index in [9.17, 15) is 5.11 Å². The second-order valence-electron chi connectivity index (χ2n) is 5.01. The van der Waals surface area contributed by atoms with E-state index in [1.165, 1.54) is 32.1 Å². The van der Waals surface area contributed by atoms with Crippen LogP contribution in [-0.4, -0.2) is 11.2 Å². The molecule has 0 heterocycles. The second-order valence-corrected chi connectivity index (χ2v) is 5.01. The van der Waals surface area contributed by atoms with Gasteiger partial charge in [0.25, 0.3) is 0 Å². The minimum absolute atomic E-state index is 0.00466. The summed E-state index contributed by atoms with van der Waals surface area (Å²) < 4.78 is 0. The van der Waals surface area contributed by atoms with Gasteiger partial charge >= 0.3 is 0 Å². The first-order valence-electron chi connectivity index (χ1n) is 5.86. The lowest BCUT2D eigenvalue weighted by Crippen LogP contribution is -2.14. The van der Waals surface area contributed by atoms with Crippen molar-refractivity contribution in [3.63, 3.8) is 0 Å². The smallest absolute Gasteiger partial charge is 0.0540 e. The van der Waals surface area contributed by atoms with E-state index in [2.05, 4.69) is 13.8 Å². The molecule has 1 nitrogen and oxygen atoms in total. The molecular formula is C12H24O. The molecule has 0 bridgehead atoms. The van der Waals surface area contributed by atoms with E-state index in [1.807, 2.05) is 0 Å². The predicted molar refractivity (Wildman–Crippen MR) is 56.7 cm³/mol. The maximum Gasteiger partial charge on any atom is 0.0540 e. The topological polar surface area (TPSA) is 20.2 Å². The van der Waals surface area contributed by atoms with E-state index in [-0.39, 0.29) is 6.10 Å². The molecule has 0 spiro atoms. The molecule has 1 aliphatic carbocycles. The summed E-state index contributed by atoms with van der Waals surface area (Å²) in [5.41, 5.74) is 0. The monoisotopic (exact) mass is 184 g/mol. The molecule has 1 aliphatic rings. The van der Waals surface area contributed by atoms with Crippen LogP contribution in [0.5, 0.6) is 0 Å². The lowest BCUT2D eigenvalue weighted by atomic mass is 9.85. The maximum atomic E-state index is 9.57. The van der Waals surface area contributed by atoms with E-state index >= 15 is 0 Å². The number of rotatable bonds is 2. The molecule has 78 valence electrons. The van der Waals surface area contributed by atoms with Crippen LogP contribution in [0, 0.1) is 11.8 Å². The summed E-state index contributed by atoms with van der Waals surface area (Å²) in [5, 5.41) is 9.57. The molecule has 1 N–H and O–H groups in total. The summed E-state index contributed by atoms with van der Waals surface area (Å²) in [5.74, 6) is 1.71. The van der Waals surface area contributed by atoms with Crippen molar-refractivity contribution in [2.45, 2.75) is 64.9 Å². The average molecular weight is 184 g/mol. The molecule has 13 heavy (non-hydrogen) atoms. The fourth-order valence-corrected chi connectivity index (χ4v) is 2.43. The van der Waals surface area contributed by atoms with Gasteiger partial charge in [0.15, 0.2) is 0 Å². The molecule has 0 aromatic heterocycles. The molecule has 2 unspecified atom stereocenters. The molecule has 0 saturated heterocycles. The first kappa shape index (κ1) is 11.0. The van der Waals surface area contributed by atoms with E-state index in [4.69, 9.17) is 0 Å². The number of hydrogen-bond acceptors (Lipinski definition) is 1. The van der Waals surface area contributed by atoms with Crippen molar-refractivity contribution in [2.24, 2.45) is 11.8 Å². The molecule has 0 aromatic carbocycles. The van der Waals surface area contributed by atoms with Crippen LogP contribution in [0.2, 0.25) is 0 Å². The van der Waals surface area contributed by atoms with Gasteiger partial charge in [-0.05, 0) is 37.5 Å². The zero-order chi connectivity index (χ0) is 9.68. The predicted octanol–water partition coefficient (Wildman–Crippen LogP) is 3.36. The van der Waals surface area contributed by atoms with Crippen LogP contribution >= 0.6 is 0 Å². The molecular weight excluding hydrogens is 160 g/mol. The lowest BCUT2D eigenvalue weighted by Gasteiger charge is -2.23. The van der Waals surface area contributed by atoms with Crippen molar-refractivity contribution in [3.05, 3.63) is 0 Å². The van der Waals surface area contributed by atoms with Gasteiger partial charge in [0, 0.05) is 0 Å². The Hall–Kier alpha value is -0.0400. The fourth-order valence-electron chi connectivity index (χ4n) is 2.43. The summed E-state index contributed by atoms with van der Waals surface area (Å²) in [6.45, 7) is 4.60. The van der Waals surface area contributed by atoms with Gasteiger partial charge < -0.3 is 5.11 Å². The van der Waals surface area contributed by atoms with Crippen LogP contribution in [0.25, 0.3) is 0 Å². The van der Waals surface area contributed by atoms with Crippen molar-refractivity contribution in [1.82, 2.24) is 0 Å². The standard InChI is InChI=1S/C12H24O/c1-10(2)9-11-5-3-4-6-12(13)8-7-11/h10-13H,3-9H2,1-2H3. The van der Waals surface area contributed by atoms with Crippen LogP contribution in [0.3, 0.4) is 0 Å². The van der Waals surface area contributed by atoms with Crippen molar-refractivity contribution in [2.75, 3.05) is 0 Å². The molecule has 0 aliphatic heterocycles. The van der Waals surface area contributed by atoms with E-state index < -0.39 is 0 Å². The normalized spacial score (nSPS) is 31.4. The zero-order valence-electron chi connectivity index (χ0n) is 9.13. The van der Waals surface area contributed by atoms with Gasteiger partial charge in [0.2, 0.25) is 0 Å². The van der Waals surface area contributed by atoms with E-state index in [0.717, 1.165) is 24.7 Å². The molecule has 0 aromatic rings. The van der Waals surface area contributed by atoms with Gasteiger partial charge in [-0.2, -0.15) is 0 Å². The average Bonchev–Trinajstić information content (AvgIpc) is 2.03. The van der Waals surface area contributed by atoms with Gasteiger partial charge in [-0.15, -0.1) is 0 Å². The Kier molecular flexibility index (Phi) is 4.79. The summed E-state index contributed by atoms with van der Waals surface area (Å²) in [6.07, 6.45) is 8.63. The number of aliphatic hydroxyl groups excluding tert-OH is 1. The summed E-state index contributed by atoms with van der Waals surface area (Å²) in [4.78, 5) is 0.